The van der Waals surface area contributed by atoms with Crippen LogP contribution in [-0.2, 0) is 10.8 Å². The summed E-state index contributed by atoms with van der Waals surface area (Å²) in [4.78, 5) is 2.41. The molecule has 0 aromatic heterocycles. The number of fused-ring (bicyclic) bond motifs is 13. The third-order valence-electron chi connectivity index (χ3n) is 16.3. The summed E-state index contributed by atoms with van der Waals surface area (Å²) in [5, 5.41) is 0. The lowest BCUT2D eigenvalue weighted by molar-refractivity contribution is 0.660. The maximum absolute atomic E-state index is 3.99. The molecule has 1 heteroatoms. The fourth-order valence-electron chi connectivity index (χ4n) is 12.7. The van der Waals surface area contributed by atoms with Crippen LogP contribution in [0.15, 0.2) is 261 Å². The van der Waals surface area contributed by atoms with Crippen molar-refractivity contribution in [1.82, 2.24) is 0 Å². The summed E-state index contributed by atoms with van der Waals surface area (Å²) >= 11 is 0. The zero-order chi connectivity index (χ0) is 48.8. The van der Waals surface area contributed by atoms with Gasteiger partial charge in [-0.3, -0.25) is 0 Å². The van der Waals surface area contributed by atoms with E-state index in [1.165, 1.54) is 111 Å². The molecule has 0 heterocycles. The van der Waals surface area contributed by atoms with Gasteiger partial charge in [-0.2, -0.15) is 0 Å². The van der Waals surface area contributed by atoms with Crippen LogP contribution in [0.3, 0.4) is 0 Å². The highest BCUT2D eigenvalue weighted by Gasteiger charge is 2.51. The van der Waals surface area contributed by atoms with Crippen molar-refractivity contribution in [3.05, 3.63) is 300 Å². The van der Waals surface area contributed by atoms with Gasteiger partial charge in [0.15, 0.2) is 0 Å². The van der Waals surface area contributed by atoms with E-state index in [4.69, 9.17) is 0 Å². The summed E-state index contributed by atoms with van der Waals surface area (Å²) in [6.45, 7) is 8.70. The fraction of sp³-hybridized carbons (Fsp3) is 0.0556. The van der Waals surface area contributed by atoms with E-state index in [1.54, 1.807) is 0 Å². The van der Waals surface area contributed by atoms with Gasteiger partial charge in [0.2, 0.25) is 0 Å². The first kappa shape index (κ1) is 42.8. The average molecular weight is 930 g/mol. The molecule has 0 fully saturated rings. The SMILES string of the molecule is C=Cc1ccc(-c2ccc3c(c2)C2(c4ccccc4-3)c3ccccc3-c3ccc(-c4ccc(-c5ccc(N(c6ccc(-c7ccccc7)cc6)c6ccc7c(c6)C(C)(C)c6ccccc6-7)cc5)cc4)cc32)cc1. The molecule has 344 valence electrons. The number of anilines is 3. The Labute approximate surface area is 428 Å². The Morgan fingerprint density at radius 1 is 0.288 bits per heavy atom. The monoisotopic (exact) mass is 929 g/mol. The van der Waals surface area contributed by atoms with E-state index in [0.29, 0.717) is 0 Å². The van der Waals surface area contributed by atoms with Gasteiger partial charge in [-0.1, -0.05) is 233 Å². The molecular formula is C72H51N. The Morgan fingerprint density at radius 2 is 0.630 bits per heavy atom. The minimum atomic E-state index is -0.453. The van der Waals surface area contributed by atoms with E-state index in [1.807, 2.05) is 6.08 Å². The zero-order valence-electron chi connectivity index (χ0n) is 41.0. The number of nitrogens with zero attached hydrogens (tertiary/aromatic N) is 1. The van der Waals surface area contributed by atoms with E-state index in [2.05, 4.69) is 280 Å². The van der Waals surface area contributed by atoms with Gasteiger partial charge in [-0.25, -0.2) is 0 Å². The van der Waals surface area contributed by atoms with Crippen molar-refractivity contribution in [2.75, 3.05) is 4.90 Å². The molecule has 3 aliphatic rings. The van der Waals surface area contributed by atoms with Crippen LogP contribution in [0, 0.1) is 0 Å². The van der Waals surface area contributed by atoms with Crippen LogP contribution in [-0.4, -0.2) is 0 Å². The van der Waals surface area contributed by atoms with E-state index in [9.17, 15) is 0 Å². The van der Waals surface area contributed by atoms with Crippen LogP contribution >= 0.6 is 0 Å². The second kappa shape index (κ2) is 16.5. The van der Waals surface area contributed by atoms with Crippen LogP contribution in [0.2, 0.25) is 0 Å². The van der Waals surface area contributed by atoms with Crippen molar-refractivity contribution < 1.29 is 0 Å². The summed E-state index contributed by atoms with van der Waals surface area (Å²) in [7, 11) is 0. The van der Waals surface area contributed by atoms with Gasteiger partial charge in [0, 0.05) is 22.5 Å². The molecule has 1 unspecified atom stereocenters. The lowest BCUT2D eigenvalue weighted by atomic mass is 9.70. The molecule has 0 aliphatic heterocycles. The third-order valence-corrected chi connectivity index (χ3v) is 16.3. The minimum Gasteiger partial charge on any atom is -0.310 e. The second-order valence-electron chi connectivity index (χ2n) is 20.5. The molecule has 1 nitrogen and oxygen atoms in total. The van der Waals surface area contributed by atoms with E-state index in [0.717, 1.165) is 22.6 Å². The van der Waals surface area contributed by atoms with Gasteiger partial charge in [0.1, 0.15) is 0 Å². The Hall–Kier alpha value is -9.04. The van der Waals surface area contributed by atoms with Crippen molar-refractivity contribution in [3.63, 3.8) is 0 Å². The van der Waals surface area contributed by atoms with Gasteiger partial charge in [-0.15, -0.1) is 0 Å². The molecule has 1 spiro atoms. The van der Waals surface area contributed by atoms with Crippen molar-refractivity contribution in [2.45, 2.75) is 24.7 Å². The highest BCUT2D eigenvalue weighted by Crippen LogP contribution is 2.63. The molecule has 0 radical (unpaired) electrons. The fourth-order valence-corrected chi connectivity index (χ4v) is 12.7. The Morgan fingerprint density at radius 3 is 1.14 bits per heavy atom. The molecule has 0 saturated heterocycles. The number of hydrogen-bond acceptors (Lipinski definition) is 1. The van der Waals surface area contributed by atoms with Crippen LogP contribution in [0.25, 0.3) is 84.0 Å². The largest absolute Gasteiger partial charge is 0.310 e. The Bertz CT molecular complexity index is 3960. The summed E-state index contributed by atoms with van der Waals surface area (Å²) in [5.74, 6) is 0. The number of hydrogen-bond donors (Lipinski definition) is 0. The molecule has 0 bridgehead atoms. The molecule has 3 aliphatic carbocycles. The zero-order valence-corrected chi connectivity index (χ0v) is 41.0. The highest BCUT2D eigenvalue weighted by atomic mass is 15.1. The summed E-state index contributed by atoms with van der Waals surface area (Å²) < 4.78 is 0. The molecule has 14 rings (SSSR count). The predicted octanol–water partition coefficient (Wildman–Crippen LogP) is 19.1. The average Bonchev–Trinajstić information content (AvgIpc) is 4.03. The lowest BCUT2D eigenvalue weighted by Crippen LogP contribution is -2.26. The molecule has 11 aromatic rings. The topological polar surface area (TPSA) is 3.24 Å². The summed E-state index contributed by atoms with van der Waals surface area (Å²) in [6, 6.07) is 95.0. The molecular weight excluding hydrogens is 879 g/mol. The number of benzene rings is 11. The van der Waals surface area contributed by atoms with Crippen LogP contribution in [0.4, 0.5) is 17.1 Å². The maximum Gasteiger partial charge on any atom is 0.0725 e. The van der Waals surface area contributed by atoms with Gasteiger partial charge < -0.3 is 4.90 Å². The standard InChI is InChI=1S/C72H51N/c1-4-47-22-24-52(25-23-47)54-34-41-63-60-17-9-12-20-66(60)72(69(63)44-54)67-21-13-10-18-61(67)64-42-35-55(45-70(64)72)53-28-26-49(27-29-53)51-32-38-57(39-33-51)73(56-36-30-50(31-37-56)48-14-6-5-7-15-48)58-40-43-62-59-16-8-11-19-65(59)71(2,3)68(62)46-58/h4-46H,1H2,2-3H3. The smallest absolute Gasteiger partial charge is 0.0725 e. The molecule has 73 heavy (non-hydrogen) atoms. The van der Waals surface area contributed by atoms with Crippen LogP contribution < -0.4 is 4.90 Å². The first-order valence-corrected chi connectivity index (χ1v) is 25.5. The highest BCUT2D eigenvalue weighted by molar-refractivity contribution is 5.97. The normalized spacial score (nSPS) is 14.9. The second-order valence-corrected chi connectivity index (χ2v) is 20.5. The van der Waals surface area contributed by atoms with Gasteiger partial charge in [0.25, 0.3) is 0 Å². The van der Waals surface area contributed by atoms with Crippen molar-refractivity contribution in [2.24, 2.45) is 0 Å². The lowest BCUT2D eigenvalue weighted by Gasteiger charge is -2.31. The van der Waals surface area contributed by atoms with Crippen molar-refractivity contribution >= 4 is 23.1 Å². The molecule has 1 atom stereocenters. The maximum atomic E-state index is 3.99. The summed E-state index contributed by atoms with van der Waals surface area (Å²) in [5.41, 5.74) is 29.5. The van der Waals surface area contributed by atoms with E-state index in [-0.39, 0.29) is 5.41 Å². The first-order chi connectivity index (χ1) is 35.9. The van der Waals surface area contributed by atoms with Crippen LogP contribution in [0.1, 0.15) is 52.8 Å². The Kier molecular flexibility index (Phi) is 9.69. The van der Waals surface area contributed by atoms with E-state index < -0.39 is 5.41 Å². The minimum absolute atomic E-state index is 0.107. The van der Waals surface area contributed by atoms with Gasteiger partial charge in [-0.05, 0) is 165 Å². The van der Waals surface area contributed by atoms with Gasteiger partial charge in [0.05, 0.1) is 5.41 Å². The van der Waals surface area contributed by atoms with E-state index >= 15 is 0 Å². The third kappa shape index (κ3) is 6.55. The molecule has 0 amide bonds. The van der Waals surface area contributed by atoms with Crippen molar-refractivity contribution in [1.29, 1.82) is 0 Å². The predicted molar refractivity (Wildman–Crippen MR) is 307 cm³/mol. The van der Waals surface area contributed by atoms with Gasteiger partial charge >= 0.3 is 0 Å². The molecule has 0 N–H and O–H groups in total. The summed E-state index contributed by atoms with van der Waals surface area (Å²) in [6.07, 6.45) is 1.91. The molecule has 11 aromatic carbocycles. The first-order valence-electron chi connectivity index (χ1n) is 25.5. The number of rotatable bonds is 8. The Balaban J connectivity index is 0.822. The molecule has 0 saturated carbocycles. The van der Waals surface area contributed by atoms with Crippen molar-refractivity contribution in [3.8, 4) is 77.9 Å². The van der Waals surface area contributed by atoms with Crippen LogP contribution in [0.5, 0.6) is 0 Å². The quantitative estimate of drug-likeness (QED) is 0.147.